The Labute approximate surface area is 153 Å². The van der Waals surface area contributed by atoms with Crippen molar-refractivity contribution in [1.82, 2.24) is 20.1 Å². The number of urea groups is 1. The third-order valence-electron chi connectivity index (χ3n) is 3.54. The van der Waals surface area contributed by atoms with Gasteiger partial charge in [0.15, 0.2) is 10.9 Å². The molecule has 2 heterocycles. The van der Waals surface area contributed by atoms with Crippen LogP contribution in [0.15, 0.2) is 58.3 Å². The molecule has 0 unspecified atom stereocenters. The number of hydrogen-bond acceptors (Lipinski definition) is 6. The van der Waals surface area contributed by atoms with Gasteiger partial charge in [-0.3, -0.25) is 14.7 Å². The summed E-state index contributed by atoms with van der Waals surface area (Å²) in [5.41, 5.74) is 6.05. The third-order valence-corrected chi connectivity index (χ3v) is 4.62. The monoisotopic (exact) mass is 371 g/mol. The van der Waals surface area contributed by atoms with Gasteiger partial charge in [-0.05, 0) is 24.6 Å². The van der Waals surface area contributed by atoms with Gasteiger partial charge in [-0.25, -0.2) is 4.79 Å². The van der Waals surface area contributed by atoms with Crippen LogP contribution < -0.4 is 11.1 Å². The molecule has 3 N–H and O–H groups in total. The van der Waals surface area contributed by atoms with Crippen molar-refractivity contribution in [3.63, 3.8) is 0 Å². The topological polar surface area (TPSA) is 116 Å². The Kier molecular flexibility index (Phi) is 5.37. The van der Waals surface area contributed by atoms with E-state index in [1.54, 1.807) is 25.3 Å². The Bertz CT molecular complexity index is 893. The molecule has 0 saturated heterocycles. The van der Waals surface area contributed by atoms with Crippen molar-refractivity contribution in [3.05, 3.63) is 54.3 Å². The lowest BCUT2D eigenvalue weighted by atomic mass is 10.2. The lowest BCUT2D eigenvalue weighted by molar-refractivity contribution is -0.119. The van der Waals surface area contributed by atoms with Crippen molar-refractivity contribution in [2.24, 2.45) is 5.73 Å². The molecule has 0 bridgehead atoms. The van der Waals surface area contributed by atoms with Crippen molar-refractivity contribution in [1.29, 1.82) is 0 Å². The number of nitrogens with zero attached hydrogens (tertiary/aromatic N) is 3. The third kappa shape index (κ3) is 4.12. The molecule has 1 atom stereocenters. The number of carbonyl (C=O) groups is 2. The van der Waals surface area contributed by atoms with Crippen LogP contribution in [-0.4, -0.2) is 32.0 Å². The molecule has 3 aromatic rings. The maximum absolute atomic E-state index is 12.0. The van der Waals surface area contributed by atoms with Crippen molar-refractivity contribution >= 4 is 23.7 Å². The van der Waals surface area contributed by atoms with Crippen molar-refractivity contribution in [3.8, 4) is 11.6 Å². The number of nitrogens with one attached hydrogen (secondary N) is 1. The molecule has 134 valence electrons. The van der Waals surface area contributed by atoms with E-state index in [1.807, 2.05) is 34.9 Å². The molecule has 3 rings (SSSR count). The molecule has 3 amide bonds. The second-order valence-electron chi connectivity index (χ2n) is 5.47. The van der Waals surface area contributed by atoms with E-state index >= 15 is 0 Å². The van der Waals surface area contributed by atoms with Crippen LogP contribution in [0.4, 0.5) is 4.79 Å². The summed E-state index contributed by atoms with van der Waals surface area (Å²) in [4.78, 5) is 22.8. The molecule has 0 aliphatic carbocycles. The first-order chi connectivity index (χ1) is 12.5. The fourth-order valence-corrected chi connectivity index (χ4v) is 3.16. The minimum atomic E-state index is -0.885. The standard InChI is InChI=1S/C17H17N5O3S/c1-11(15(23)19-16(18)24)26-17-21-20-14(13-8-5-9-25-13)22(17)10-12-6-3-2-4-7-12/h2-9,11H,10H2,1H3,(H3,18,19,23,24)/t11-/m1/s1. The number of hydrogen-bond donors (Lipinski definition) is 2. The fourth-order valence-electron chi connectivity index (χ4n) is 2.31. The number of furan rings is 1. The predicted octanol–water partition coefficient (Wildman–Crippen LogP) is 2.26. The van der Waals surface area contributed by atoms with Crippen molar-refractivity contribution in [2.45, 2.75) is 23.9 Å². The predicted molar refractivity (Wildman–Crippen MR) is 96.3 cm³/mol. The summed E-state index contributed by atoms with van der Waals surface area (Å²) in [5, 5.41) is 10.4. The quantitative estimate of drug-likeness (QED) is 0.642. The van der Waals surface area contributed by atoms with Crippen LogP contribution in [0.1, 0.15) is 12.5 Å². The molecule has 0 spiro atoms. The number of aromatic nitrogens is 3. The highest BCUT2D eigenvalue weighted by Crippen LogP contribution is 2.28. The lowest BCUT2D eigenvalue weighted by Gasteiger charge is -2.12. The van der Waals surface area contributed by atoms with Gasteiger partial charge in [0, 0.05) is 0 Å². The van der Waals surface area contributed by atoms with E-state index in [9.17, 15) is 9.59 Å². The van der Waals surface area contributed by atoms with Crippen molar-refractivity contribution in [2.75, 3.05) is 0 Å². The van der Waals surface area contributed by atoms with Gasteiger partial charge < -0.3 is 10.2 Å². The minimum Gasteiger partial charge on any atom is -0.461 e. The number of amides is 3. The molecule has 0 radical (unpaired) electrons. The SMILES string of the molecule is C[C@@H](Sc1nnc(-c2ccco2)n1Cc1ccccc1)C(=O)NC(N)=O. The summed E-state index contributed by atoms with van der Waals surface area (Å²) in [6.45, 7) is 2.17. The number of benzene rings is 1. The molecule has 0 aliphatic rings. The highest BCUT2D eigenvalue weighted by Gasteiger charge is 2.22. The molecule has 8 nitrogen and oxygen atoms in total. The normalized spacial score (nSPS) is 11.9. The molecule has 9 heteroatoms. The van der Waals surface area contributed by atoms with Gasteiger partial charge in [-0.1, -0.05) is 42.1 Å². The zero-order valence-corrected chi connectivity index (χ0v) is 14.8. The maximum atomic E-state index is 12.0. The van der Waals surface area contributed by atoms with E-state index in [0.717, 1.165) is 5.56 Å². The number of primary amides is 1. The second-order valence-corrected chi connectivity index (χ2v) is 6.78. The summed E-state index contributed by atoms with van der Waals surface area (Å²) in [6, 6.07) is 12.5. The Morgan fingerprint density at radius 3 is 2.65 bits per heavy atom. The smallest absolute Gasteiger partial charge is 0.318 e. The lowest BCUT2D eigenvalue weighted by Crippen LogP contribution is -2.39. The first-order valence-corrected chi connectivity index (χ1v) is 8.70. The largest absolute Gasteiger partial charge is 0.461 e. The van der Waals surface area contributed by atoms with Crippen LogP contribution in [0.2, 0.25) is 0 Å². The van der Waals surface area contributed by atoms with Crippen LogP contribution in [0.3, 0.4) is 0 Å². The molecule has 26 heavy (non-hydrogen) atoms. The number of thioether (sulfide) groups is 1. The summed E-state index contributed by atoms with van der Waals surface area (Å²) >= 11 is 1.19. The Balaban J connectivity index is 1.90. The number of carbonyl (C=O) groups excluding carboxylic acids is 2. The second kappa shape index (κ2) is 7.87. The molecule has 1 aromatic carbocycles. The average molecular weight is 371 g/mol. The van der Waals surface area contributed by atoms with Crippen LogP contribution in [0.25, 0.3) is 11.6 Å². The molecular weight excluding hydrogens is 354 g/mol. The highest BCUT2D eigenvalue weighted by molar-refractivity contribution is 8.00. The van der Waals surface area contributed by atoms with Crippen LogP contribution in [-0.2, 0) is 11.3 Å². The molecule has 0 fully saturated rings. The van der Waals surface area contributed by atoms with Gasteiger partial charge in [0.1, 0.15) is 0 Å². The van der Waals surface area contributed by atoms with Crippen LogP contribution in [0.5, 0.6) is 0 Å². The van der Waals surface area contributed by atoms with Gasteiger partial charge in [-0.15, -0.1) is 10.2 Å². The summed E-state index contributed by atoms with van der Waals surface area (Å²) < 4.78 is 7.31. The van der Waals surface area contributed by atoms with E-state index in [2.05, 4.69) is 15.5 Å². The van der Waals surface area contributed by atoms with E-state index < -0.39 is 17.2 Å². The summed E-state index contributed by atoms with van der Waals surface area (Å²) in [6.07, 6.45) is 1.56. The summed E-state index contributed by atoms with van der Waals surface area (Å²) in [7, 11) is 0. The highest BCUT2D eigenvalue weighted by atomic mass is 32.2. The van der Waals surface area contributed by atoms with Gasteiger partial charge in [-0.2, -0.15) is 0 Å². The fraction of sp³-hybridized carbons (Fsp3) is 0.176. The van der Waals surface area contributed by atoms with E-state index in [1.165, 1.54) is 11.8 Å². The number of imide groups is 1. The van der Waals surface area contributed by atoms with Gasteiger partial charge >= 0.3 is 6.03 Å². The van der Waals surface area contributed by atoms with Gasteiger partial charge in [0.25, 0.3) is 0 Å². The number of nitrogens with two attached hydrogens (primary N) is 1. The maximum Gasteiger partial charge on any atom is 0.318 e. The zero-order chi connectivity index (χ0) is 18.5. The van der Waals surface area contributed by atoms with Gasteiger partial charge in [0.2, 0.25) is 11.7 Å². The first-order valence-electron chi connectivity index (χ1n) is 7.82. The zero-order valence-electron chi connectivity index (χ0n) is 14.0. The molecule has 0 saturated carbocycles. The van der Waals surface area contributed by atoms with Crippen molar-refractivity contribution < 1.29 is 14.0 Å². The molecule has 0 aliphatic heterocycles. The molecular formula is C17H17N5O3S. The minimum absolute atomic E-state index is 0.490. The van der Waals surface area contributed by atoms with Crippen LogP contribution >= 0.6 is 11.8 Å². The van der Waals surface area contributed by atoms with Gasteiger partial charge in [0.05, 0.1) is 18.1 Å². The van der Waals surface area contributed by atoms with Crippen LogP contribution in [0, 0.1) is 0 Å². The number of rotatable bonds is 6. The molecule has 2 aromatic heterocycles. The van der Waals surface area contributed by atoms with E-state index in [0.29, 0.717) is 23.3 Å². The Morgan fingerprint density at radius 1 is 1.23 bits per heavy atom. The average Bonchev–Trinajstić information content (AvgIpc) is 3.26. The Morgan fingerprint density at radius 2 is 2.00 bits per heavy atom. The Hall–Kier alpha value is -3.07. The van der Waals surface area contributed by atoms with E-state index in [-0.39, 0.29) is 0 Å². The summed E-state index contributed by atoms with van der Waals surface area (Å²) in [5.74, 6) is 0.648. The van der Waals surface area contributed by atoms with E-state index in [4.69, 9.17) is 10.2 Å². The first kappa shape index (κ1) is 17.7.